The minimum absolute atomic E-state index is 0.0868. The summed E-state index contributed by atoms with van der Waals surface area (Å²) in [6.45, 7) is 0. The number of para-hydroxylation sites is 1. The second kappa shape index (κ2) is 7.06. The Hall–Kier alpha value is -3.23. The molecule has 1 unspecified atom stereocenters. The van der Waals surface area contributed by atoms with Gasteiger partial charge in [0.25, 0.3) is 5.91 Å². The number of nitrogens with zero attached hydrogens (tertiary/aromatic N) is 3. The summed E-state index contributed by atoms with van der Waals surface area (Å²) in [5.74, 6) is 1.17. The van der Waals surface area contributed by atoms with Crippen LogP contribution in [0.4, 0.5) is 28.7 Å². The van der Waals surface area contributed by atoms with Gasteiger partial charge < -0.3 is 19.7 Å². The molecular formula is C20H18N4O3S. The SMILES string of the molecule is CN1C(=O)c2ccccc2N(C)c2nc(Nc3ccc(S(=O)O)cc3)ccc21. The Labute approximate surface area is 164 Å². The quantitative estimate of drug-likeness (QED) is 0.658. The molecule has 1 aliphatic rings. The molecule has 1 amide bonds. The van der Waals surface area contributed by atoms with Crippen LogP contribution in [-0.4, -0.2) is 33.7 Å². The van der Waals surface area contributed by atoms with E-state index < -0.39 is 11.1 Å². The lowest BCUT2D eigenvalue weighted by molar-refractivity contribution is 0.0994. The summed E-state index contributed by atoms with van der Waals surface area (Å²) in [6, 6.07) is 17.7. The van der Waals surface area contributed by atoms with Gasteiger partial charge in [-0.05, 0) is 48.5 Å². The molecule has 0 bridgehead atoms. The summed E-state index contributed by atoms with van der Waals surface area (Å²) in [7, 11) is 3.62. The third-order valence-corrected chi connectivity index (χ3v) is 5.34. The number of aromatic nitrogens is 1. The fraction of sp³-hybridized carbons (Fsp3) is 0.100. The maximum absolute atomic E-state index is 12.8. The van der Waals surface area contributed by atoms with Gasteiger partial charge in [0.1, 0.15) is 5.82 Å². The molecule has 2 N–H and O–H groups in total. The van der Waals surface area contributed by atoms with Crippen LogP contribution in [0.25, 0.3) is 0 Å². The third-order valence-electron chi connectivity index (χ3n) is 4.66. The number of carbonyl (C=O) groups is 1. The van der Waals surface area contributed by atoms with Crippen LogP contribution in [-0.2, 0) is 11.1 Å². The van der Waals surface area contributed by atoms with Crippen LogP contribution in [0, 0.1) is 0 Å². The number of nitrogens with one attached hydrogen (secondary N) is 1. The molecule has 3 aromatic rings. The Balaban J connectivity index is 1.72. The summed E-state index contributed by atoms with van der Waals surface area (Å²) < 4.78 is 20.2. The van der Waals surface area contributed by atoms with Crippen molar-refractivity contribution in [1.29, 1.82) is 0 Å². The molecule has 1 aromatic heterocycles. The number of anilines is 5. The van der Waals surface area contributed by atoms with Crippen LogP contribution in [0.15, 0.2) is 65.6 Å². The zero-order valence-corrected chi connectivity index (χ0v) is 16.1. The highest BCUT2D eigenvalue weighted by Gasteiger charge is 2.28. The Kier molecular flexibility index (Phi) is 4.58. The largest absolute Gasteiger partial charge is 0.340 e. The highest BCUT2D eigenvalue weighted by molar-refractivity contribution is 7.79. The Bertz CT molecular complexity index is 1090. The highest BCUT2D eigenvalue weighted by atomic mass is 32.2. The van der Waals surface area contributed by atoms with E-state index in [0.29, 0.717) is 27.8 Å². The number of pyridine rings is 1. The van der Waals surface area contributed by atoms with Crippen molar-refractivity contribution in [3.63, 3.8) is 0 Å². The lowest BCUT2D eigenvalue weighted by Gasteiger charge is -2.22. The lowest BCUT2D eigenvalue weighted by atomic mass is 10.1. The van der Waals surface area contributed by atoms with Gasteiger partial charge in [-0.3, -0.25) is 4.79 Å². The molecule has 1 aliphatic heterocycles. The van der Waals surface area contributed by atoms with Crippen molar-refractivity contribution in [1.82, 2.24) is 4.98 Å². The number of rotatable bonds is 3. The molecular weight excluding hydrogens is 376 g/mol. The number of amides is 1. The van der Waals surface area contributed by atoms with Gasteiger partial charge in [0.05, 0.1) is 21.8 Å². The summed E-state index contributed by atoms with van der Waals surface area (Å²) in [6.07, 6.45) is 0. The standard InChI is InChI=1S/C20H18N4O3S/c1-23-16-6-4-3-5-15(16)20(25)24(2)17-11-12-18(22-19(17)23)21-13-7-9-14(10-8-13)28(26)27/h3-12H,1-2H3,(H,21,22)(H,26,27). The molecule has 1 atom stereocenters. The first-order valence-electron chi connectivity index (χ1n) is 8.55. The van der Waals surface area contributed by atoms with E-state index in [9.17, 15) is 9.00 Å². The zero-order chi connectivity index (χ0) is 19.8. The van der Waals surface area contributed by atoms with E-state index in [4.69, 9.17) is 9.54 Å². The fourth-order valence-corrected chi connectivity index (χ4v) is 3.54. The summed E-state index contributed by atoms with van der Waals surface area (Å²) >= 11 is -2.01. The van der Waals surface area contributed by atoms with Crippen LogP contribution in [0.1, 0.15) is 10.4 Å². The van der Waals surface area contributed by atoms with Crippen molar-refractivity contribution in [3.8, 4) is 0 Å². The molecule has 0 fully saturated rings. The number of hydrogen-bond donors (Lipinski definition) is 2. The van der Waals surface area contributed by atoms with Gasteiger partial charge in [0, 0.05) is 19.8 Å². The fourth-order valence-electron chi connectivity index (χ4n) is 3.17. The first-order valence-corrected chi connectivity index (χ1v) is 9.66. The van der Waals surface area contributed by atoms with Gasteiger partial charge in [-0.1, -0.05) is 12.1 Å². The Morgan fingerprint density at radius 2 is 1.64 bits per heavy atom. The molecule has 0 radical (unpaired) electrons. The van der Waals surface area contributed by atoms with Crippen molar-refractivity contribution in [2.75, 3.05) is 29.2 Å². The first kappa shape index (κ1) is 18.1. The topological polar surface area (TPSA) is 85.8 Å². The summed E-state index contributed by atoms with van der Waals surface area (Å²) in [4.78, 5) is 21.3. The minimum atomic E-state index is -2.01. The van der Waals surface area contributed by atoms with Gasteiger partial charge >= 0.3 is 0 Å². The van der Waals surface area contributed by atoms with Gasteiger partial charge in [-0.2, -0.15) is 0 Å². The number of hydrogen-bond acceptors (Lipinski definition) is 5. The smallest absolute Gasteiger partial charge is 0.260 e. The lowest BCUT2D eigenvalue weighted by Crippen LogP contribution is -2.25. The molecule has 28 heavy (non-hydrogen) atoms. The molecule has 0 saturated carbocycles. The van der Waals surface area contributed by atoms with Gasteiger partial charge in [0.15, 0.2) is 16.9 Å². The molecule has 4 rings (SSSR count). The molecule has 0 spiro atoms. The second-order valence-electron chi connectivity index (χ2n) is 6.38. The van der Waals surface area contributed by atoms with E-state index in [0.717, 1.165) is 11.4 Å². The minimum Gasteiger partial charge on any atom is -0.340 e. The second-order valence-corrected chi connectivity index (χ2v) is 7.35. The van der Waals surface area contributed by atoms with E-state index in [-0.39, 0.29) is 5.91 Å². The first-order chi connectivity index (χ1) is 13.5. The average molecular weight is 394 g/mol. The van der Waals surface area contributed by atoms with Crippen molar-refractivity contribution < 1.29 is 13.6 Å². The molecule has 142 valence electrons. The predicted octanol–water partition coefficient (Wildman–Crippen LogP) is 3.76. The van der Waals surface area contributed by atoms with E-state index in [2.05, 4.69) is 5.32 Å². The maximum Gasteiger partial charge on any atom is 0.260 e. The molecule has 0 aliphatic carbocycles. The normalized spacial score (nSPS) is 14.2. The molecule has 7 nitrogen and oxygen atoms in total. The van der Waals surface area contributed by atoms with Crippen molar-refractivity contribution in [2.45, 2.75) is 4.90 Å². The summed E-state index contributed by atoms with van der Waals surface area (Å²) in [5, 5.41) is 3.19. The van der Waals surface area contributed by atoms with Gasteiger partial charge in [0.2, 0.25) is 0 Å². The van der Waals surface area contributed by atoms with Crippen LogP contribution in [0.5, 0.6) is 0 Å². The van der Waals surface area contributed by atoms with E-state index in [1.807, 2.05) is 42.3 Å². The molecule has 2 aromatic carbocycles. The Morgan fingerprint density at radius 1 is 0.929 bits per heavy atom. The number of benzene rings is 2. The van der Waals surface area contributed by atoms with E-state index in [1.165, 1.54) is 0 Å². The molecule has 2 heterocycles. The van der Waals surface area contributed by atoms with Gasteiger partial charge in [-0.15, -0.1) is 0 Å². The van der Waals surface area contributed by atoms with E-state index >= 15 is 0 Å². The van der Waals surface area contributed by atoms with Crippen LogP contribution < -0.4 is 15.1 Å². The van der Waals surface area contributed by atoms with Crippen LogP contribution in [0.2, 0.25) is 0 Å². The predicted molar refractivity (Wildman–Crippen MR) is 110 cm³/mol. The number of fused-ring (bicyclic) bond motifs is 2. The van der Waals surface area contributed by atoms with Crippen LogP contribution >= 0.6 is 0 Å². The highest BCUT2D eigenvalue weighted by Crippen LogP contribution is 2.38. The maximum atomic E-state index is 12.8. The number of carbonyl (C=O) groups excluding carboxylic acids is 1. The van der Waals surface area contributed by atoms with Crippen molar-refractivity contribution in [2.24, 2.45) is 0 Å². The van der Waals surface area contributed by atoms with E-state index in [1.54, 1.807) is 42.3 Å². The average Bonchev–Trinajstić information content (AvgIpc) is 2.79. The van der Waals surface area contributed by atoms with Gasteiger partial charge in [-0.25, -0.2) is 9.19 Å². The van der Waals surface area contributed by atoms with Crippen LogP contribution in [0.3, 0.4) is 0 Å². The third kappa shape index (κ3) is 3.12. The Morgan fingerprint density at radius 3 is 2.36 bits per heavy atom. The zero-order valence-electron chi connectivity index (χ0n) is 15.3. The molecule has 0 saturated heterocycles. The van der Waals surface area contributed by atoms with Crippen molar-refractivity contribution in [3.05, 3.63) is 66.2 Å². The monoisotopic (exact) mass is 394 g/mol. The summed E-state index contributed by atoms with van der Waals surface area (Å²) in [5.41, 5.74) is 2.85. The van der Waals surface area contributed by atoms with Crippen molar-refractivity contribution >= 4 is 45.7 Å². The molecule has 8 heteroatoms.